The molecule has 0 radical (unpaired) electrons. The van der Waals surface area contributed by atoms with Crippen molar-refractivity contribution in [1.82, 2.24) is 5.32 Å². The molecule has 30 heavy (non-hydrogen) atoms. The molecule has 158 valence electrons. The van der Waals surface area contributed by atoms with Crippen LogP contribution < -0.4 is 25.0 Å². The van der Waals surface area contributed by atoms with E-state index >= 15 is 0 Å². The number of carbonyl (C=O) groups is 3. The Bertz CT molecular complexity index is 896. The SMILES string of the molecule is CCOc1ccc(NC(=O)CNC(=O)[C@H]2CC(=O)N(c3ccc(OC)cc3)C2)cc1. The minimum absolute atomic E-state index is 0.109. The Labute approximate surface area is 175 Å². The maximum atomic E-state index is 12.4. The summed E-state index contributed by atoms with van der Waals surface area (Å²) in [6.45, 7) is 2.57. The summed E-state index contributed by atoms with van der Waals surface area (Å²) in [6.07, 6.45) is 0.109. The highest BCUT2D eigenvalue weighted by Crippen LogP contribution is 2.26. The fourth-order valence-electron chi connectivity index (χ4n) is 3.21. The molecule has 3 amide bonds. The molecule has 3 rings (SSSR count). The van der Waals surface area contributed by atoms with Gasteiger partial charge in [-0.15, -0.1) is 0 Å². The first kappa shape index (κ1) is 21.2. The zero-order valence-corrected chi connectivity index (χ0v) is 17.0. The lowest BCUT2D eigenvalue weighted by molar-refractivity contribution is -0.127. The molecule has 8 nitrogen and oxygen atoms in total. The lowest BCUT2D eigenvalue weighted by Crippen LogP contribution is -2.37. The Hall–Kier alpha value is -3.55. The second kappa shape index (κ2) is 9.78. The van der Waals surface area contributed by atoms with Crippen molar-refractivity contribution < 1.29 is 23.9 Å². The summed E-state index contributed by atoms with van der Waals surface area (Å²) in [5.41, 5.74) is 1.32. The number of amides is 3. The quantitative estimate of drug-likeness (QED) is 0.694. The van der Waals surface area contributed by atoms with Crippen molar-refractivity contribution in [1.29, 1.82) is 0 Å². The number of anilines is 2. The van der Waals surface area contributed by atoms with E-state index in [2.05, 4.69) is 10.6 Å². The van der Waals surface area contributed by atoms with Crippen LogP contribution in [0.25, 0.3) is 0 Å². The van der Waals surface area contributed by atoms with Crippen molar-refractivity contribution in [3.8, 4) is 11.5 Å². The van der Waals surface area contributed by atoms with Crippen LogP contribution >= 0.6 is 0 Å². The van der Waals surface area contributed by atoms with Crippen LogP contribution in [-0.2, 0) is 14.4 Å². The van der Waals surface area contributed by atoms with Gasteiger partial charge in [0.05, 0.1) is 26.2 Å². The van der Waals surface area contributed by atoms with E-state index in [1.807, 2.05) is 6.92 Å². The summed E-state index contributed by atoms with van der Waals surface area (Å²) in [6, 6.07) is 14.1. The van der Waals surface area contributed by atoms with Crippen LogP contribution in [0.4, 0.5) is 11.4 Å². The largest absolute Gasteiger partial charge is 0.497 e. The summed E-state index contributed by atoms with van der Waals surface area (Å²) in [5.74, 6) is 0.122. The van der Waals surface area contributed by atoms with Crippen LogP contribution in [0.5, 0.6) is 11.5 Å². The molecular weight excluding hydrogens is 386 g/mol. The first-order valence-corrected chi connectivity index (χ1v) is 9.75. The van der Waals surface area contributed by atoms with Gasteiger partial charge in [0.25, 0.3) is 0 Å². The van der Waals surface area contributed by atoms with E-state index in [0.717, 1.165) is 5.75 Å². The van der Waals surface area contributed by atoms with E-state index in [4.69, 9.17) is 9.47 Å². The molecule has 0 bridgehead atoms. The third-order valence-electron chi connectivity index (χ3n) is 4.75. The molecule has 1 atom stereocenters. The monoisotopic (exact) mass is 411 g/mol. The summed E-state index contributed by atoms with van der Waals surface area (Å²) in [5, 5.41) is 5.33. The predicted molar refractivity (Wildman–Crippen MR) is 113 cm³/mol. The maximum absolute atomic E-state index is 12.4. The van der Waals surface area contributed by atoms with E-state index in [1.165, 1.54) is 0 Å². The number of hydrogen-bond donors (Lipinski definition) is 2. The number of benzene rings is 2. The molecule has 2 aromatic carbocycles. The molecule has 1 fully saturated rings. The summed E-state index contributed by atoms with van der Waals surface area (Å²) < 4.78 is 10.5. The topological polar surface area (TPSA) is 97.0 Å². The predicted octanol–water partition coefficient (Wildman–Crippen LogP) is 2.20. The van der Waals surface area contributed by atoms with Crippen molar-refractivity contribution in [3.63, 3.8) is 0 Å². The van der Waals surface area contributed by atoms with Gasteiger partial charge in [0.1, 0.15) is 11.5 Å². The van der Waals surface area contributed by atoms with Crippen molar-refractivity contribution in [2.75, 3.05) is 37.0 Å². The fourth-order valence-corrected chi connectivity index (χ4v) is 3.21. The summed E-state index contributed by atoms with van der Waals surface area (Å²) >= 11 is 0. The highest BCUT2D eigenvalue weighted by Gasteiger charge is 2.35. The molecular formula is C22H25N3O5. The standard InChI is InChI=1S/C22H25N3O5/c1-3-30-19-8-4-16(5-9-19)24-20(26)13-23-22(28)15-12-21(27)25(14-15)17-6-10-18(29-2)11-7-17/h4-11,15H,3,12-14H2,1-2H3,(H,23,28)(H,24,26)/t15-/m0/s1. The molecule has 0 saturated carbocycles. The third kappa shape index (κ3) is 5.28. The molecule has 1 heterocycles. The molecule has 0 spiro atoms. The van der Waals surface area contributed by atoms with Gasteiger partial charge in [-0.25, -0.2) is 0 Å². The number of ether oxygens (including phenoxy) is 2. The van der Waals surface area contributed by atoms with Crippen molar-refractivity contribution in [2.24, 2.45) is 5.92 Å². The zero-order valence-electron chi connectivity index (χ0n) is 17.0. The van der Waals surface area contributed by atoms with E-state index in [9.17, 15) is 14.4 Å². The van der Waals surface area contributed by atoms with Gasteiger partial charge in [-0.3, -0.25) is 14.4 Å². The van der Waals surface area contributed by atoms with Crippen molar-refractivity contribution >= 4 is 29.1 Å². The second-order valence-corrected chi connectivity index (χ2v) is 6.83. The van der Waals surface area contributed by atoms with Gasteiger partial charge in [-0.1, -0.05) is 0 Å². The Morgan fingerprint density at radius 1 is 1.07 bits per heavy atom. The highest BCUT2D eigenvalue weighted by atomic mass is 16.5. The van der Waals surface area contributed by atoms with Gasteiger partial charge >= 0.3 is 0 Å². The Kier molecular flexibility index (Phi) is 6.90. The zero-order chi connectivity index (χ0) is 21.5. The number of carbonyl (C=O) groups excluding carboxylic acids is 3. The normalized spacial score (nSPS) is 15.6. The number of rotatable bonds is 8. The third-order valence-corrected chi connectivity index (χ3v) is 4.75. The molecule has 1 saturated heterocycles. The average molecular weight is 411 g/mol. The average Bonchev–Trinajstić information content (AvgIpc) is 3.15. The molecule has 2 aromatic rings. The van der Waals surface area contributed by atoms with E-state index < -0.39 is 5.92 Å². The van der Waals surface area contributed by atoms with E-state index in [-0.39, 0.29) is 37.2 Å². The van der Waals surface area contributed by atoms with Crippen LogP contribution in [0.3, 0.4) is 0 Å². The number of methoxy groups -OCH3 is 1. The van der Waals surface area contributed by atoms with Gasteiger partial charge in [0.15, 0.2) is 0 Å². The van der Waals surface area contributed by atoms with Crippen LogP contribution in [-0.4, -0.2) is 44.5 Å². The molecule has 1 aliphatic rings. The first-order valence-electron chi connectivity index (χ1n) is 9.75. The number of hydrogen-bond acceptors (Lipinski definition) is 5. The first-order chi connectivity index (χ1) is 14.5. The van der Waals surface area contributed by atoms with Crippen molar-refractivity contribution in [2.45, 2.75) is 13.3 Å². The molecule has 2 N–H and O–H groups in total. The van der Waals surface area contributed by atoms with E-state index in [0.29, 0.717) is 23.7 Å². The van der Waals surface area contributed by atoms with Gasteiger partial charge < -0.3 is 25.0 Å². The molecule has 0 aromatic heterocycles. The summed E-state index contributed by atoms with van der Waals surface area (Å²) in [4.78, 5) is 38.4. The van der Waals surface area contributed by atoms with Gasteiger partial charge in [0.2, 0.25) is 17.7 Å². The fraction of sp³-hybridized carbons (Fsp3) is 0.318. The molecule has 0 unspecified atom stereocenters. The number of nitrogens with one attached hydrogen (secondary N) is 2. The smallest absolute Gasteiger partial charge is 0.243 e. The lowest BCUT2D eigenvalue weighted by atomic mass is 10.1. The minimum Gasteiger partial charge on any atom is -0.497 e. The van der Waals surface area contributed by atoms with Crippen LogP contribution in [0.2, 0.25) is 0 Å². The molecule has 8 heteroatoms. The Balaban J connectivity index is 1.48. The minimum atomic E-state index is -0.502. The molecule has 0 aliphatic carbocycles. The van der Waals surface area contributed by atoms with Gasteiger partial charge in [-0.05, 0) is 55.5 Å². The van der Waals surface area contributed by atoms with Crippen LogP contribution in [0.1, 0.15) is 13.3 Å². The van der Waals surface area contributed by atoms with Crippen molar-refractivity contribution in [3.05, 3.63) is 48.5 Å². The second-order valence-electron chi connectivity index (χ2n) is 6.83. The molecule has 1 aliphatic heterocycles. The Morgan fingerprint density at radius 2 is 1.73 bits per heavy atom. The van der Waals surface area contributed by atoms with Gasteiger partial charge in [0, 0.05) is 24.3 Å². The Morgan fingerprint density at radius 3 is 2.37 bits per heavy atom. The van der Waals surface area contributed by atoms with Crippen LogP contribution in [0.15, 0.2) is 48.5 Å². The summed E-state index contributed by atoms with van der Waals surface area (Å²) in [7, 11) is 1.57. The van der Waals surface area contributed by atoms with Crippen LogP contribution in [0, 0.1) is 5.92 Å². The maximum Gasteiger partial charge on any atom is 0.243 e. The number of nitrogens with zero attached hydrogens (tertiary/aromatic N) is 1. The van der Waals surface area contributed by atoms with E-state index in [1.54, 1.807) is 60.5 Å². The highest BCUT2D eigenvalue weighted by molar-refractivity contribution is 6.01. The van der Waals surface area contributed by atoms with Gasteiger partial charge in [-0.2, -0.15) is 0 Å². The lowest BCUT2D eigenvalue weighted by Gasteiger charge is -2.17.